The molecule has 88 valence electrons. The Hall–Kier alpha value is -1.22. The molecular weight excluding hydrogens is 224 g/mol. The fourth-order valence-electron chi connectivity index (χ4n) is 1.55. The van der Waals surface area contributed by atoms with Crippen molar-refractivity contribution in [1.29, 1.82) is 0 Å². The first-order valence-corrected chi connectivity index (χ1v) is 5.70. The Morgan fingerprint density at radius 1 is 1.50 bits per heavy atom. The molecule has 0 unspecified atom stereocenters. The number of amides is 1. The van der Waals surface area contributed by atoms with Gasteiger partial charge in [-0.1, -0.05) is 18.5 Å². The number of carbonyl (C=O) groups is 1. The number of hydrogen-bond acceptors (Lipinski definition) is 2. The van der Waals surface area contributed by atoms with Crippen LogP contribution < -0.4 is 5.32 Å². The van der Waals surface area contributed by atoms with E-state index in [-0.39, 0.29) is 5.91 Å². The van der Waals surface area contributed by atoms with Crippen LogP contribution >= 0.6 is 11.6 Å². The van der Waals surface area contributed by atoms with Gasteiger partial charge in [0.15, 0.2) is 0 Å². The first kappa shape index (κ1) is 12.8. The number of hydrogen-bond donors (Lipinski definition) is 1. The maximum atomic E-state index is 12.1. The molecule has 0 saturated heterocycles. The Morgan fingerprint density at radius 2 is 2.19 bits per heavy atom. The summed E-state index contributed by atoms with van der Waals surface area (Å²) >= 11 is 5.90. The SMILES string of the molecule is CCCN(C)C(=O)c1cc(Cl)ccc1NC. The molecule has 0 radical (unpaired) electrons. The van der Waals surface area contributed by atoms with Crippen LogP contribution in [0, 0.1) is 0 Å². The first-order chi connectivity index (χ1) is 7.60. The monoisotopic (exact) mass is 240 g/mol. The molecule has 1 rings (SSSR count). The van der Waals surface area contributed by atoms with Gasteiger partial charge in [-0.25, -0.2) is 0 Å². The lowest BCUT2D eigenvalue weighted by atomic mass is 10.1. The molecule has 16 heavy (non-hydrogen) atoms. The van der Waals surface area contributed by atoms with Gasteiger partial charge in [0, 0.05) is 31.4 Å². The molecule has 3 nitrogen and oxygen atoms in total. The molecule has 0 heterocycles. The van der Waals surface area contributed by atoms with E-state index in [2.05, 4.69) is 5.32 Å². The van der Waals surface area contributed by atoms with Gasteiger partial charge in [0.25, 0.3) is 5.91 Å². The second kappa shape index (κ2) is 5.75. The summed E-state index contributed by atoms with van der Waals surface area (Å²) in [6.07, 6.45) is 0.942. The summed E-state index contributed by atoms with van der Waals surface area (Å²) in [5, 5.41) is 3.57. The van der Waals surface area contributed by atoms with E-state index in [9.17, 15) is 4.79 Å². The van der Waals surface area contributed by atoms with Gasteiger partial charge in [-0.3, -0.25) is 4.79 Å². The molecule has 0 bridgehead atoms. The Bertz CT molecular complexity index is 379. The van der Waals surface area contributed by atoms with E-state index in [0.717, 1.165) is 18.7 Å². The Balaban J connectivity index is 3.01. The van der Waals surface area contributed by atoms with Gasteiger partial charge >= 0.3 is 0 Å². The van der Waals surface area contributed by atoms with E-state index >= 15 is 0 Å². The van der Waals surface area contributed by atoms with Crippen LogP contribution in [0.25, 0.3) is 0 Å². The zero-order chi connectivity index (χ0) is 12.1. The third-order valence-electron chi connectivity index (χ3n) is 2.39. The quantitative estimate of drug-likeness (QED) is 0.878. The lowest BCUT2D eigenvalue weighted by molar-refractivity contribution is 0.0796. The molecule has 0 aliphatic carbocycles. The standard InChI is InChI=1S/C12H17ClN2O/c1-4-7-15(3)12(16)10-8-9(13)5-6-11(10)14-2/h5-6,8,14H,4,7H2,1-3H3. The second-order valence-electron chi connectivity index (χ2n) is 3.67. The number of halogens is 1. The minimum absolute atomic E-state index is 0.00583. The van der Waals surface area contributed by atoms with Crippen molar-refractivity contribution in [3.8, 4) is 0 Å². The molecule has 0 atom stereocenters. The van der Waals surface area contributed by atoms with Gasteiger partial charge < -0.3 is 10.2 Å². The van der Waals surface area contributed by atoms with Crippen LogP contribution in [-0.4, -0.2) is 31.4 Å². The van der Waals surface area contributed by atoms with Crippen LogP contribution in [0.1, 0.15) is 23.7 Å². The maximum absolute atomic E-state index is 12.1. The van der Waals surface area contributed by atoms with E-state index < -0.39 is 0 Å². The summed E-state index contributed by atoms with van der Waals surface area (Å²) in [6.45, 7) is 2.79. The molecule has 0 spiro atoms. The average Bonchev–Trinajstić information content (AvgIpc) is 2.28. The Kier molecular flexibility index (Phi) is 4.62. The molecule has 1 aromatic rings. The van der Waals surface area contributed by atoms with E-state index in [0.29, 0.717) is 10.6 Å². The molecule has 0 aliphatic rings. The van der Waals surface area contributed by atoms with E-state index in [1.807, 2.05) is 13.0 Å². The Morgan fingerprint density at radius 3 is 2.75 bits per heavy atom. The summed E-state index contributed by atoms with van der Waals surface area (Å²) in [7, 11) is 3.59. The average molecular weight is 241 g/mol. The third-order valence-corrected chi connectivity index (χ3v) is 2.62. The van der Waals surface area contributed by atoms with Crippen molar-refractivity contribution in [1.82, 2.24) is 4.90 Å². The zero-order valence-corrected chi connectivity index (χ0v) is 10.6. The predicted octanol–water partition coefficient (Wildman–Crippen LogP) is 2.86. The molecule has 1 aromatic carbocycles. The highest BCUT2D eigenvalue weighted by atomic mass is 35.5. The van der Waals surface area contributed by atoms with E-state index in [1.165, 1.54) is 0 Å². The summed E-state index contributed by atoms with van der Waals surface area (Å²) < 4.78 is 0. The number of benzene rings is 1. The fraction of sp³-hybridized carbons (Fsp3) is 0.417. The van der Waals surface area contributed by atoms with Crippen LogP contribution in [-0.2, 0) is 0 Å². The number of nitrogens with zero attached hydrogens (tertiary/aromatic N) is 1. The number of nitrogens with one attached hydrogen (secondary N) is 1. The lowest BCUT2D eigenvalue weighted by Crippen LogP contribution is -2.28. The van der Waals surface area contributed by atoms with Crippen molar-refractivity contribution >= 4 is 23.2 Å². The molecule has 0 aromatic heterocycles. The van der Waals surface area contributed by atoms with Crippen LogP contribution in [0.5, 0.6) is 0 Å². The van der Waals surface area contributed by atoms with Gasteiger partial charge in [-0.05, 0) is 24.6 Å². The van der Waals surface area contributed by atoms with Gasteiger partial charge in [0.05, 0.1) is 5.56 Å². The lowest BCUT2D eigenvalue weighted by Gasteiger charge is -2.18. The molecule has 4 heteroatoms. The molecule has 0 fully saturated rings. The molecule has 1 N–H and O–H groups in total. The smallest absolute Gasteiger partial charge is 0.255 e. The van der Waals surface area contributed by atoms with Crippen molar-refractivity contribution in [3.05, 3.63) is 28.8 Å². The topological polar surface area (TPSA) is 32.3 Å². The molecule has 1 amide bonds. The largest absolute Gasteiger partial charge is 0.387 e. The number of rotatable bonds is 4. The molecular formula is C12H17ClN2O. The van der Waals surface area contributed by atoms with Gasteiger partial charge in [0.1, 0.15) is 0 Å². The maximum Gasteiger partial charge on any atom is 0.255 e. The zero-order valence-electron chi connectivity index (χ0n) is 9.88. The Labute approximate surface area is 101 Å². The van der Waals surface area contributed by atoms with Crippen LogP contribution in [0.3, 0.4) is 0 Å². The highest BCUT2D eigenvalue weighted by molar-refractivity contribution is 6.31. The second-order valence-corrected chi connectivity index (χ2v) is 4.10. The number of carbonyl (C=O) groups excluding carboxylic acids is 1. The fourth-order valence-corrected chi connectivity index (χ4v) is 1.73. The van der Waals surface area contributed by atoms with Crippen molar-refractivity contribution < 1.29 is 4.79 Å². The third kappa shape index (κ3) is 2.89. The highest BCUT2D eigenvalue weighted by Crippen LogP contribution is 2.21. The molecule has 0 saturated carbocycles. The van der Waals surface area contributed by atoms with Crippen molar-refractivity contribution in [2.75, 3.05) is 26.0 Å². The van der Waals surface area contributed by atoms with E-state index in [4.69, 9.17) is 11.6 Å². The van der Waals surface area contributed by atoms with Crippen molar-refractivity contribution in [2.45, 2.75) is 13.3 Å². The van der Waals surface area contributed by atoms with Crippen LogP contribution in [0.4, 0.5) is 5.69 Å². The van der Waals surface area contributed by atoms with E-state index in [1.54, 1.807) is 31.1 Å². The summed E-state index contributed by atoms with van der Waals surface area (Å²) in [6, 6.07) is 5.28. The normalized spacial score (nSPS) is 10.0. The van der Waals surface area contributed by atoms with Crippen LogP contribution in [0.2, 0.25) is 5.02 Å². The van der Waals surface area contributed by atoms with Gasteiger partial charge in [-0.2, -0.15) is 0 Å². The van der Waals surface area contributed by atoms with Crippen LogP contribution in [0.15, 0.2) is 18.2 Å². The van der Waals surface area contributed by atoms with Crippen molar-refractivity contribution in [2.24, 2.45) is 0 Å². The summed E-state index contributed by atoms with van der Waals surface area (Å²) in [4.78, 5) is 13.8. The predicted molar refractivity (Wildman–Crippen MR) is 68.3 cm³/mol. The first-order valence-electron chi connectivity index (χ1n) is 5.33. The summed E-state index contributed by atoms with van der Waals surface area (Å²) in [5.74, 6) is -0.00583. The van der Waals surface area contributed by atoms with Gasteiger partial charge in [0.2, 0.25) is 0 Å². The van der Waals surface area contributed by atoms with Crippen molar-refractivity contribution in [3.63, 3.8) is 0 Å². The number of anilines is 1. The molecule has 0 aliphatic heterocycles. The minimum Gasteiger partial charge on any atom is -0.387 e. The summed E-state index contributed by atoms with van der Waals surface area (Å²) in [5.41, 5.74) is 1.42. The van der Waals surface area contributed by atoms with Gasteiger partial charge in [-0.15, -0.1) is 0 Å². The highest BCUT2D eigenvalue weighted by Gasteiger charge is 2.15. The minimum atomic E-state index is -0.00583.